The maximum atomic E-state index is 13.1. The minimum Gasteiger partial charge on any atom is -0.379 e. The Balaban J connectivity index is 0.00000400. The van der Waals surface area contributed by atoms with Crippen LogP contribution in [0.5, 0.6) is 0 Å². The van der Waals surface area contributed by atoms with Gasteiger partial charge in [0.05, 0.1) is 30.5 Å². The molecule has 1 saturated heterocycles. The van der Waals surface area contributed by atoms with E-state index in [0.717, 1.165) is 50.5 Å². The number of amides is 2. The van der Waals surface area contributed by atoms with Gasteiger partial charge in [0.1, 0.15) is 0 Å². The van der Waals surface area contributed by atoms with Crippen molar-refractivity contribution in [2.24, 2.45) is 5.73 Å². The first-order valence-electron chi connectivity index (χ1n) is 12.5. The van der Waals surface area contributed by atoms with Crippen LogP contribution in [0.1, 0.15) is 42.1 Å². The molecule has 1 aliphatic rings. The van der Waals surface area contributed by atoms with Gasteiger partial charge in [-0.05, 0) is 36.2 Å². The number of ketones is 1. The van der Waals surface area contributed by atoms with E-state index in [-0.39, 0.29) is 18.0 Å². The summed E-state index contributed by atoms with van der Waals surface area (Å²) in [6.45, 7) is 6.12. The van der Waals surface area contributed by atoms with E-state index >= 15 is 0 Å². The van der Waals surface area contributed by atoms with Crippen LogP contribution in [0.15, 0.2) is 54.9 Å². The molecule has 11 heteroatoms. The fraction of sp³-hybridized carbons (Fsp3) is 0.370. The van der Waals surface area contributed by atoms with Gasteiger partial charge >= 0.3 is 0 Å². The third-order valence-electron chi connectivity index (χ3n) is 6.28. The molecule has 4 rings (SSSR count). The average molecular weight is 541 g/mol. The molecule has 2 amide bonds. The minimum absolute atomic E-state index is 0. The number of hydrogen-bond donors (Lipinski definition) is 2. The third-order valence-corrected chi connectivity index (χ3v) is 6.28. The van der Waals surface area contributed by atoms with E-state index in [0.29, 0.717) is 18.7 Å². The Kier molecular flexibility index (Phi) is 10.5. The lowest BCUT2D eigenvalue weighted by atomic mass is 10.0. The zero-order valence-corrected chi connectivity index (χ0v) is 22.2. The number of rotatable bonds is 11. The molecule has 10 nitrogen and oxygen atoms in total. The first-order chi connectivity index (χ1) is 18.0. The van der Waals surface area contributed by atoms with Crippen molar-refractivity contribution in [1.29, 1.82) is 0 Å². The van der Waals surface area contributed by atoms with Crippen LogP contribution in [0.4, 0.5) is 0 Å². The molecular formula is C27H33ClN6O4. The number of nitrogens with one attached hydrogen (secondary N) is 1. The smallest absolute Gasteiger partial charge is 0.287 e. The fourth-order valence-electron chi connectivity index (χ4n) is 4.28. The Hall–Kier alpha value is -3.60. The molecule has 2 aromatic heterocycles. The van der Waals surface area contributed by atoms with Gasteiger partial charge in [0.2, 0.25) is 5.78 Å². The van der Waals surface area contributed by atoms with Crippen molar-refractivity contribution in [3.63, 3.8) is 0 Å². The molecule has 1 aliphatic heterocycles. The number of pyridine rings is 1. The summed E-state index contributed by atoms with van der Waals surface area (Å²) < 4.78 is 6.97. The van der Waals surface area contributed by atoms with E-state index in [4.69, 9.17) is 10.5 Å². The van der Waals surface area contributed by atoms with E-state index in [9.17, 15) is 14.4 Å². The van der Waals surface area contributed by atoms with E-state index in [2.05, 4.69) is 32.4 Å². The van der Waals surface area contributed by atoms with Crippen molar-refractivity contribution in [1.82, 2.24) is 25.0 Å². The SMILES string of the molecule is CCCCC(NC(=O)c1cccnc1-n1ccc(-c2cccc(CN3CCOCC3)c2)n1)C(=O)C(N)=O.Cl. The Morgan fingerprint density at radius 3 is 2.66 bits per heavy atom. The van der Waals surface area contributed by atoms with E-state index in [1.165, 1.54) is 10.2 Å². The number of benzene rings is 1. The number of nitrogens with two attached hydrogens (primary N) is 1. The monoisotopic (exact) mass is 540 g/mol. The van der Waals surface area contributed by atoms with E-state index in [1.807, 2.05) is 25.1 Å². The highest BCUT2D eigenvalue weighted by atomic mass is 35.5. The average Bonchev–Trinajstić information content (AvgIpc) is 3.41. The van der Waals surface area contributed by atoms with Crippen molar-refractivity contribution < 1.29 is 19.1 Å². The maximum absolute atomic E-state index is 13.1. The molecule has 1 unspecified atom stereocenters. The van der Waals surface area contributed by atoms with Crippen LogP contribution in [0.3, 0.4) is 0 Å². The molecule has 0 spiro atoms. The highest BCUT2D eigenvalue weighted by Gasteiger charge is 2.26. The molecule has 1 atom stereocenters. The third kappa shape index (κ3) is 7.25. The lowest BCUT2D eigenvalue weighted by molar-refractivity contribution is -0.137. The summed E-state index contributed by atoms with van der Waals surface area (Å²) in [5, 5.41) is 7.33. The number of morpholine rings is 1. The van der Waals surface area contributed by atoms with Crippen molar-refractivity contribution in [2.75, 3.05) is 26.3 Å². The molecule has 0 aliphatic carbocycles. The molecule has 1 fully saturated rings. The van der Waals surface area contributed by atoms with Gasteiger partial charge < -0.3 is 15.8 Å². The summed E-state index contributed by atoms with van der Waals surface area (Å²) in [5.74, 6) is -2.09. The van der Waals surface area contributed by atoms with Crippen molar-refractivity contribution >= 4 is 30.0 Å². The molecular weight excluding hydrogens is 508 g/mol. The predicted molar refractivity (Wildman–Crippen MR) is 145 cm³/mol. The minimum atomic E-state index is -1.07. The second-order valence-electron chi connectivity index (χ2n) is 9.01. The molecule has 0 radical (unpaired) electrons. The second-order valence-corrected chi connectivity index (χ2v) is 9.01. The number of hydrogen-bond acceptors (Lipinski definition) is 7. The Labute approximate surface area is 228 Å². The number of ether oxygens (including phenoxy) is 1. The molecule has 0 bridgehead atoms. The van der Waals surface area contributed by atoms with Crippen LogP contribution in [0, 0.1) is 0 Å². The van der Waals surface area contributed by atoms with Crippen LogP contribution < -0.4 is 11.1 Å². The summed E-state index contributed by atoms with van der Waals surface area (Å²) in [6.07, 6.45) is 5.11. The van der Waals surface area contributed by atoms with Gasteiger partial charge in [-0.3, -0.25) is 19.3 Å². The summed E-state index contributed by atoms with van der Waals surface area (Å²) >= 11 is 0. The highest BCUT2D eigenvalue weighted by Crippen LogP contribution is 2.21. The number of unbranched alkanes of at least 4 members (excludes halogenated alkanes) is 1. The summed E-state index contributed by atoms with van der Waals surface area (Å²) in [6, 6.07) is 12.3. The lowest BCUT2D eigenvalue weighted by Gasteiger charge is -2.26. The lowest BCUT2D eigenvalue weighted by Crippen LogP contribution is -2.46. The van der Waals surface area contributed by atoms with E-state index < -0.39 is 23.6 Å². The number of aromatic nitrogens is 3. The van der Waals surface area contributed by atoms with Gasteiger partial charge in [0.15, 0.2) is 5.82 Å². The first kappa shape index (κ1) is 29.0. The fourth-order valence-corrected chi connectivity index (χ4v) is 4.28. The Morgan fingerprint density at radius 1 is 1.13 bits per heavy atom. The molecule has 3 heterocycles. The maximum Gasteiger partial charge on any atom is 0.287 e. The topological polar surface area (TPSA) is 132 Å². The zero-order valence-electron chi connectivity index (χ0n) is 21.3. The molecule has 3 aromatic rings. The molecule has 1 aromatic carbocycles. The second kappa shape index (κ2) is 13.8. The van der Waals surface area contributed by atoms with Crippen LogP contribution in [-0.4, -0.2) is 69.6 Å². The molecule has 3 N–H and O–H groups in total. The van der Waals surface area contributed by atoms with Crippen LogP contribution in [0.2, 0.25) is 0 Å². The van der Waals surface area contributed by atoms with Crippen molar-refractivity contribution in [2.45, 2.75) is 38.8 Å². The quantitative estimate of drug-likeness (QED) is 0.357. The number of nitrogens with zero attached hydrogens (tertiary/aromatic N) is 4. The van der Waals surface area contributed by atoms with Crippen LogP contribution in [-0.2, 0) is 20.9 Å². The molecule has 202 valence electrons. The number of halogens is 1. The number of Topliss-reactive ketones (excluding diaryl/α,β-unsaturated/α-hetero) is 1. The van der Waals surface area contributed by atoms with Gasteiger partial charge in [0.25, 0.3) is 11.8 Å². The van der Waals surface area contributed by atoms with Crippen LogP contribution in [0.25, 0.3) is 17.1 Å². The van der Waals surface area contributed by atoms with Crippen molar-refractivity contribution in [3.05, 3.63) is 66.0 Å². The van der Waals surface area contributed by atoms with E-state index in [1.54, 1.807) is 24.5 Å². The normalized spacial score (nSPS) is 14.3. The van der Waals surface area contributed by atoms with Gasteiger partial charge in [-0.15, -0.1) is 12.4 Å². The first-order valence-corrected chi connectivity index (χ1v) is 12.5. The Bertz CT molecular complexity index is 1260. The molecule has 0 saturated carbocycles. The van der Waals surface area contributed by atoms with Crippen LogP contribution >= 0.6 is 12.4 Å². The standard InChI is InChI=1S/C27H32N6O4.ClH/c1-2-3-9-23(24(34)25(28)35)30-27(36)21-8-5-11-29-26(21)33-12-10-22(31-33)20-7-4-6-19(17-20)18-32-13-15-37-16-14-32;/h4-8,10-12,17,23H,2-3,9,13-16,18H2,1H3,(H2,28,35)(H,30,36);1H. The summed E-state index contributed by atoms with van der Waals surface area (Å²) in [4.78, 5) is 43.6. The summed E-state index contributed by atoms with van der Waals surface area (Å²) in [5.41, 5.74) is 8.31. The van der Waals surface area contributed by atoms with Crippen molar-refractivity contribution in [3.8, 4) is 17.1 Å². The number of primary amides is 1. The summed E-state index contributed by atoms with van der Waals surface area (Å²) in [7, 11) is 0. The molecule has 38 heavy (non-hydrogen) atoms. The Morgan fingerprint density at radius 2 is 1.92 bits per heavy atom. The largest absolute Gasteiger partial charge is 0.379 e. The number of carbonyl (C=O) groups is 3. The van der Waals surface area contributed by atoms with Gasteiger partial charge in [0, 0.05) is 37.6 Å². The van der Waals surface area contributed by atoms with Gasteiger partial charge in [-0.1, -0.05) is 38.0 Å². The zero-order chi connectivity index (χ0) is 26.2. The van der Waals surface area contributed by atoms with Gasteiger partial charge in [-0.2, -0.15) is 5.10 Å². The number of carbonyl (C=O) groups excluding carboxylic acids is 3. The predicted octanol–water partition coefficient (Wildman–Crippen LogP) is 2.53. The van der Waals surface area contributed by atoms with Gasteiger partial charge in [-0.25, -0.2) is 9.67 Å². The highest BCUT2D eigenvalue weighted by molar-refractivity contribution is 6.38.